The first-order valence-electron chi connectivity index (χ1n) is 21.7. The van der Waals surface area contributed by atoms with E-state index in [0.717, 1.165) is 56.5 Å². The van der Waals surface area contributed by atoms with Crippen LogP contribution in [0, 0.1) is 0 Å². The van der Waals surface area contributed by atoms with Crippen molar-refractivity contribution < 1.29 is 4.42 Å². The summed E-state index contributed by atoms with van der Waals surface area (Å²) in [5, 5.41) is 4.62. The van der Waals surface area contributed by atoms with Crippen molar-refractivity contribution in [2.75, 3.05) is 4.90 Å². The average molecular weight is 792 g/mol. The molecular weight excluding hydrogens is 751 g/mol. The van der Waals surface area contributed by atoms with Crippen molar-refractivity contribution in [2.24, 2.45) is 0 Å². The van der Waals surface area contributed by atoms with Gasteiger partial charge in [-0.15, -0.1) is 0 Å². The Hall–Kier alpha value is -7.68. The van der Waals surface area contributed by atoms with Gasteiger partial charge in [-0.1, -0.05) is 195 Å². The van der Waals surface area contributed by atoms with Gasteiger partial charge >= 0.3 is 0 Å². The molecule has 1 atom stereocenters. The van der Waals surface area contributed by atoms with Gasteiger partial charge in [-0.2, -0.15) is 0 Å². The third kappa shape index (κ3) is 4.86. The van der Waals surface area contributed by atoms with Crippen LogP contribution >= 0.6 is 0 Å². The van der Waals surface area contributed by atoms with E-state index in [1.807, 2.05) is 0 Å². The van der Waals surface area contributed by atoms with Gasteiger partial charge < -0.3 is 9.32 Å². The van der Waals surface area contributed by atoms with Gasteiger partial charge in [0.05, 0.1) is 11.1 Å². The molecule has 1 aromatic heterocycles. The van der Waals surface area contributed by atoms with Crippen LogP contribution in [0.1, 0.15) is 41.2 Å². The van der Waals surface area contributed by atoms with Crippen LogP contribution in [0.4, 0.5) is 17.1 Å². The molecule has 13 rings (SSSR count). The van der Waals surface area contributed by atoms with Gasteiger partial charge in [0.2, 0.25) is 0 Å². The van der Waals surface area contributed by atoms with E-state index in [4.69, 9.17) is 4.42 Å². The fourth-order valence-electron chi connectivity index (χ4n) is 11.2. The summed E-state index contributed by atoms with van der Waals surface area (Å²) in [5.41, 5.74) is 18.8. The molecule has 0 bridgehead atoms. The van der Waals surface area contributed by atoms with Crippen LogP contribution in [0.25, 0.3) is 60.5 Å². The first kappa shape index (κ1) is 35.1. The van der Waals surface area contributed by atoms with Gasteiger partial charge in [0.15, 0.2) is 5.58 Å². The number of hydrogen-bond donors (Lipinski definition) is 0. The lowest BCUT2D eigenvalue weighted by atomic mass is 9.65. The second kappa shape index (κ2) is 13.2. The third-order valence-electron chi connectivity index (χ3n) is 14.1. The Morgan fingerprint density at radius 3 is 1.79 bits per heavy atom. The highest BCUT2D eigenvalue weighted by molar-refractivity contribution is 6.13. The lowest BCUT2D eigenvalue weighted by Crippen LogP contribution is -2.30. The zero-order chi connectivity index (χ0) is 41.0. The Kier molecular flexibility index (Phi) is 7.45. The van der Waals surface area contributed by atoms with Crippen LogP contribution in [0.5, 0.6) is 0 Å². The monoisotopic (exact) mass is 791 g/mol. The Bertz CT molecular complexity index is 3470. The number of anilines is 3. The molecule has 2 nitrogen and oxygen atoms in total. The van der Waals surface area contributed by atoms with E-state index < -0.39 is 0 Å². The van der Waals surface area contributed by atoms with Crippen molar-refractivity contribution in [2.45, 2.75) is 24.2 Å². The number of hydrogen-bond acceptors (Lipinski definition) is 2. The maximum atomic E-state index is 7.02. The molecule has 10 aromatic rings. The van der Waals surface area contributed by atoms with Gasteiger partial charge in [0.1, 0.15) is 5.58 Å². The van der Waals surface area contributed by atoms with Gasteiger partial charge in [0.25, 0.3) is 0 Å². The van der Waals surface area contributed by atoms with Crippen molar-refractivity contribution in [1.82, 2.24) is 0 Å². The minimum atomic E-state index is -0.365. The highest BCUT2D eigenvalue weighted by Gasteiger charge is 2.54. The largest absolute Gasteiger partial charge is 0.453 e. The number of rotatable bonds is 5. The second-order valence-electron chi connectivity index (χ2n) is 17.4. The predicted octanol–water partition coefficient (Wildman–Crippen LogP) is 15.9. The molecule has 0 amide bonds. The van der Waals surface area contributed by atoms with E-state index in [-0.39, 0.29) is 10.8 Å². The number of furan rings is 1. The SMILES string of the molecule is CC1(c2ccc(N(c3ccc4ccccc4c3)c3cccc4c3oc3c(-c5ccccc5)cccc34)cc2)C=C2C(=CC1)c1ccccc1C21c2ccccc2-c2ccccc21. The smallest absolute Gasteiger partial charge is 0.159 e. The molecule has 0 fully saturated rings. The summed E-state index contributed by atoms with van der Waals surface area (Å²) >= 11 is 0. The van der Waals surface area contributed by atoms with Crippen molar-refractivity contribution in [3.05, 3.63) is 252 Å². The lowest BCUT2D eigenvalue weighted by molar-refractivity contribution is 0.587. The minimum absolute atomic E-state index is 0.237. The van der Waals surface area contributed by atoms with E-state index in [1.165, 1.54) is 60.9 Å². The molecular formula is C60H41NO. The number of fused-ring (bicyclic) bond motifs is 14. The van der Waals surface area contributed by atoms with Crippen LogP contribution in [0.15, 0.2) is 228 Å². The Balaban J connectivity index is 0.971. The van der Waals surface area contributed by atoms with Crippen molar-refractivity contribution >= 4 is 55.3 Å². The Morgan fingerprint density at radius 2 is 1.05 bits per heavy atom. The summed E-state index contributed by atoms with van der Waals surface area (Å²) in [4.78, 5) is 2.37. The van der Waals surface area contributed by atoms with Crippen molar-refractivity contribution in [1.29, 1.82) is 0 Å². The average Bonchev–Trinajstić information content (AvgIpc) is 3.96. The van der Waals surface area contributed by atoms with Gasteiger partial charge in [-0.3, -0.25) is 0 Å². The molecule has 0 saturated carbocycles. The summed E-state index contributed by atoms with van der Waals surface area (Å²) in [6, 6.07) is 75.5. The van der Waals surface area contributed by atoms with E-state index in [0.29, 0.717) is 0 Å². The van der Waals surface area contributed by atoms with Gasteiger partial charge in [-0.05, 0) is 103 Å². The molecule has 1 heterocycles. The molecule has 0 saturated heterocycles. The maximum Gasteiger partial charge on any atom is 0.159 e. The van der Waals surface area contributed by atoms with E-state index in [1.54, 1.807) is 0 Å². The zero-order valence-corrected chi connectivity index (χ0v) is 34.3. The lowest BCUT2D eigenvalue weighted by Gasteiger charge is -2.37. The highest BCUT2D eigenvalue weighted by atomic mass is 16.3. The molecule has 0 N–H and O–H groups in total. The topological polar surface area (TPSA) is 16.4 Å². The Labute approximate surface area is 361 Å². The summed E-state index contributed by atoms with van der Waals surface area (Å²) < 4.78 is 7.02. The molecule has 0 aliphatic heterocycles. The predicted molar refractivity (Wildman–Crippen MR) is 258 cm³/mol. The molecule has 2 heteroatoms. The summed E-state index contributed by atoms with van der Waals surface area (Å²) in [6.07, 6.45) is 6.06. The number of para-hydroxylation sites is 2. The van der Waals surface area contributed by atoms with Crippen LogP contribution in [-0.2, 0) is 10.8 Å². The normalized spacial score (nSPS) is 16.8. The highest BCUT2D eigenvalue weighted by Crippen LogP contribution is 2.65. The van der Waals surface area contributed by atoms with Crippen molar-refractivity contribution in [3.63, 3.8) is 0 Å². The molecule has 1 unspecified atom stereocenters. The van der Waals surface area contributed by atoms with Gasteiger partial charge in [0, 0.05) is 33.1 Å². The van der Waals surface area contributed by atoms with Crippen LogP contribution in [-0.4, -0.2) is 0 Å². The molecule has 9 aromatic carbocycles. The number of allylic oxidation sites excluding steroid dienone is 4. The molecule has 3 aliphatic carbocycles. The number of benzene rings is 9. The maximum absolute atomic E-state index is 7.02. The fraction of sp³-hybridized carbons (Fsp3) is 0.0667. The minimum Gasteiger partial charge on any atom is -0.453 e. The summed E-state index contributed by atoms with van der Waals surface area (Å²) in [6.45, 7) is 2.42. The van der Waals surface area contributed by atoms with E-state index in [2.05, 4.69) is 230 Å². The Morgan fingerprint density at radius 1 is 0.468 bits per heavy atom. The molecule has 0 radical (unpaired) electrons. The second-order valence-corrected chi connectivity index (χ2v) is 17.4. The quantitative estimate of drug-likeness (QED) is 0.173. The standard InChI is InChI=1S/C60H41NO/c1-59(36-35-49-48-21-9-12-27-54(48)60(55(49)38-59)52-25-10-7-19-46(52)47-20-8-11-26-53(47)60)42-30-33-43(34-31-42)61(44-32-29-39-15-5-6-18-41(39)37-44)56-28-14-24-51-50-23-13-22-45(57(50)62-58(51)56)40-16-3-2-4-17-40/h2-35,37-38H,36H2,1H3. The van der Waals surface area contributed by atoms with Crippen LogP contribution < -0.4 is 4.90 Å². The molecule has 292 valence electrons. The molecule has 3 aliphatic rings. The van der Waals surface area contributed by atoms with Crippen LogP contribution in [0.3, 0.4) is 0 Å². The molecule has 1 spiro atoms. The van der Waals surface area contributed by atoms with Crippen LogP contribution in [0.2, 0.25) is 0 Å². The van der Waals surface area contributed by atoms with E-state index in [9.17, 15) is 0 Å². The first-order chi connectivity index (χ1) is 30.6. The first-order valence-corrected chi connectivity index (χ1v) is 21.7. The summed E-state index contributed by atoms with van der Waals surface area (Å²) in [7, 11) is 0. The van der Waals surface area contributed by atoms with Gasteiger partial charge in [-0.25, -0.2) is 0 Å². The summed E-state index contributed by atoms with van der Waals surface area (Å²) in [5.74, 6) is 0. The fourth-order valence-corrected chi connectivity index (χ4v) is 11.2. The molecule has 62 heavy (non-hydrogen) atoms. The van der Waals surface area contributed by atoms with Crippen molar-refractivity contribution in [3.8, 4) is 22.3 Å². The number of nitrogens with zero attached hydrogens (tertiary/aromatic N) is 1. The zero-order valence-electron chi connectivity index (χ0n) is 34.3. The third-order valence-corrected chi connectivity index (χ3v) is 14.1. The van der Waals surface area contributed by atoms with E-state index >= 15 is 0 Å².